The Bertz CT molecular complexity index is 601. The SMILES string of the molecule is Cc1cc(C)nc(O)n1.Cc1nc(O)nc(C)c1[N+](=O)[O-]. The minimum atomic E-state index is -0.565. The Morgan fingerprint density at radius 3 is 1.62 bits per heavy atom. The van der Waals surface area contributed by atoms with Gasteiger partial charge in [0, 0.05) is 11.4 Å². The average Bonchev–Trinajstić information content (AvgIpc) is 2.24. The highest BCUT2D eigenvalue weighted by Gasteiger charge is 2.17. The van der Waals surface area contributed by atoms with Gasteiger partial charge in [-0.1, -0.05) is 0 Å². The van der Waals surface area contributed by atoms with Crippen molar-refractivity contribution in [3.8, 4) is 12.0 Å². The Hall–Kier alpha value is -2.84. The van der Waals surface area contributed by atoms with Gasteiger partial charge in [0.1, 0.15) is 11.4 Å². The second kappa shape index (κ2) is 6.55. The molecule has 0 aliphatic carbocycles. The molecule has 0 saturated carbocycles. The molecule has 2 rings (SSSR count). The number of rotatable bonds is 1. The van der Waals surface area contributed by atoms with Crippen LogP contribution < -0.4 is 0 Å². The summed E-state index contributed by atoms with van der Waals surface area (Å²) in [5, 5.41) is 28.0. The normalized spacial score (nSPS) is 9.71. The Morgan fingerprint density at radius 1 is 0.905 bits per heavy atom. The highest BCUT2D eigenvalue weighted by molar-refractivity contribution is 5.39. The van der Waals surface area contributed by atoms with Crippen molar-refractivity contribution in [3.63, 3.8) is 0 Å². The van der Waals surface area contributed by atoms with Crippen molar-refractivity contribution < 1.29 is 15.1 Å². The molecule has 0 aromatic carbocycles. The van der Waals surface area contributed by atoms with Crippen molar-refractivity contribution in [2.24, 2.45) is 0 Å². The number of aromatic nitrogens is 4. The second-order valence-corrected chi connectivity index (χ2v) is 4.25. The zero-order chi connectivity index (χ0) is 16.2. The van der Waals surface area contributed by atoms with Crippen LogP contribution in [0.15, 0.2) is 6.07 Å². The van der Waals surface area contributed by atoms with Crippen molar-refractivity contribution in [1.29, 1.82) is 0 Å². The van der Waals surface area contributed by atoms with Crippen LogP contribution in [0.3, 0.4) is 0 Å². The number of hydrogen-bond acceptors (Lipinski definition) is 8. The van der Waals surface area contributed by atoms with Gasteiger partial charge in [0.05, 0.1) is 4.92 Å². The quantitative estimate of drug-likeness (QED) is 0.596. The molecule has 2 heterocycles. The van der Waals surface area contributed by atoms with Gasteiger partial charge in [-0.05, 0) is 33.8 Å². The Morgan fingerprint density at radius 2 is 1.29 bits per heavy atom. The summed E-state index contributed by atoms with van der Waals surface area (Å²) in [6, 6.07) is 1.22. The van der Waals surface area contributed by atoms with E-state index in [9.17, 15) is 10.1 Å². The van der Waals surface area contributed by atoms with Gasteiger partial charge < -0.3 is 10.2 Å². The van der Waals surface area contributed by atoms with E-state index in [-0.39, 0.29) is 23.1 Å². The Kier molecular flexibility index (Phi) is 5.06. The minimum Gasteiger partial charge on any atom is -0.479 e. The third kappa shape index (κ3) is 4.64. The van der Waals surface area contributed by atoms with Gasteiger partial charge in [-0.3, -0.25) is 10.1 Å². The van der Waals surface area contributed by atoms with Gasteiger partial charge in [0.25, 0.3) is 0 Å². The van der Waals surface area contributed by atoms with E-state index in [1.165, 1.54) is 13.8 Å². The maximum Gasteiger partial charge on any atom is 0.314 e. The third-order valence-electron chi connectivity index (χ3n) is 2.37. The van der Waals surface area contributed by atoms with E-state index in [4.69, 9.17) is 10.2 Å². The highest BCUT2D eigenvalue weighted by Crippen LogP contribution is 2.20. The van der Waals surface area contributed by atoms with E-state index >= 15 is 0 Å². The summed E-state index contributed by atoms with van der Waals surface area (Å²) in [4.78, 5) is 24.1. The van der Waals surface area contributed by atoms with Crippen LogP contribution >= 0.6 is 0 Å². The largest absolute Gasteiger partial charge is 0.479 e. The summed E-state index contributed by atoms with van der Waals surface area (Å²) >= 11 is 0. The molecule has 0 unspecified atom stereocenters. The third-order valence-corrected chi connectivity index (χ3v) is 2.37. The number of hydrogen-bond donors (Lipinski definition) is 2. The lowest BCUT2D eigenvalue weighted by atomic mass is 10.3. The van der Waals surface area contributed by atoms with E-state index in [0.717, 1.165) is 11.4 Å². The molecule has 21 heavy (non-hydrogen) atoms. The van der Waals surface area contributed by atoms with Crippen molar-refractivity contribution in [2.75, 3.05) is 0 Å². The van der Waals surface area contributed by atoms with E-state index in [0.29, 0.717) is 0 Å². The summed E-state index contributed by atoms with van der Waals surface area (Å²) in [6.45, 7) is 6.53. The minimum absolute atomic E-state index is 0.146. The van der Waals surface area contributed by atoms with Crippen molar-refractivity contribution in [3.05, 3.63) is 39.0 Å². The lowest BCUT2D eigenvalue weighted by Crippen LogP contribution is -1.99. The van der Waals surface area contributed by atoms with Gasteiger partial charge >= 0.3 is 17.7 Å². The topological polar surface area (TPSA) is 135 Å². The summed E-state index contributed by atoms with van der Waals surface area (Å²) in [5.41, 5.74) is 1.78. The van der Waals surface area contributed by atoms with E-state index in [1.54, 1.807) is 6.07 Å². The van der Waals surface area contributed by atoms with Crippen LogP contribution in [-0.2, 0) is 0 Å². The molecule has 9 heteroatoms. The van der Waals surface area contributed by atoms with Gasteiger partial charge in [0.2, 0.25) is 0 Å². The summed E-state index contributed by atoms with van der Waals surface area (Å²) in [6.07, 6.45) is 0. The molecule has 2 aromatic heterocycles. The molecule has 0 atom stereocenters. The molecule has 0 fully saturated rings. The van der Waals surface area contributed by atoms with Gasteiger partial charge in [0.15, 0.2) is 0 Å². The van der Waals surface area contributed by atoms with Gasteiger partial charge in [-0.15, -0.1) is 0 Å². The first-order valence-corrected chi connectivity index (χ1v) is 5.90. The fourth-order valence-electron chi connectivity index (χ4n) is 1.66. The molecular formula is C12H15N5O4. The molecule has 0 aliphatic rings. The number of aryl methyl sites for hydroxylation is 4. The highest BCUT2D eigenvalue weighted by atomic mass is 16.6. The molecule has 112 valence electrons. The first-order valence-electron chi connectivity index (χ1n) is 5.90. The molecule has 9 nitrogen and oxygen atoms in total. The van der Waals surface area contributed by atoms with Crippen molar-refractivity contribution >= 4 is 5.69 Å². The van der Waals surface area contributed by atoms with Crippen molar-refractivity contribution in [1.82, 2.24) is 19.9 Å². The molecule has 2 aromatic rings. The zero-order valence-electron chi connectivity index (χ0n) is 12.0. The van der Waals surface area contributed by atoms with Crippen LogP contribution in [0.25, 0.3) is 0 Å². The van der Waals surface area contributed by atoms with E-state index < -0.39 is 10.9 Å². The maximum atomic E-state index is 10.4. The van der Waals surface area contributed by atoms with Crippen LogP contribution in [0, 0.1) is 37.8 Å². The summed E-state index contributed by atoms with van der Waals surface area (Å²) in [5.74, 6) is 0. The molecule has 0 aliphatic heterocycles. The average molecular weight is 293 g/mol. The zero-order valence-corrected chi connectivity index (χ0v) is 12.0. The van der Waals surface area contributed by atoms with Gasteiger partial charge in [-0.25, -0.2) is 9.97 Å². The lowest BCUT2D eigenvalue weighted by molar-refractivity contribution is -0.386. The van der Waals surface area contributed by atoms with Crippen LogP contribution in [0.5, 0.6) is 12.0 Å². The Labute approximate surface area is 120 Å². The standard InChI is InChI=1S/C6H7N3O3.C6H8N2O/c1-3-5(9(11)12)4(2)8-6(10)7-3;1-4-3-5(2)8-6(9)7-4/h1-2H3,(H,7,8,10);3H,1-2H3,(H,7,8,9). The first-order chi connectivity index (χ1) is 9.70. The fourth-order valence-corrected chi connectivity index (χ4v) is 1.66. The maximum absolute atomic E-state index is 10.4. The smallest absolute Gasteiger partial charge is 0.314 e. The van der Waals surface area contributed by atoms with Gasteiger partial charge in [-0.2, -0.15) is 9.97 Å². The first kappa shape index (κ1) is 16.2. The van der Waals surface area contributed by atoms with Crippen LogP contribution in [-0.4, -0.2) is 35.1 Å². The van der Waals surface area contributed by atoms with Crippen LogP contribution in [0.4, 0.5) is 5.69 Å². The number of nitro groups is 1. The Balaban J connectivity index is 0.000000219. The van der Waals surface area contributed by atoms with Crippen molar-refractivity contribution in [2.45, 2.75) is 27.7 Å². The van der Waals surface area contributed by atoms with Crippen LogP contribution in [0.1, 0.15) is 22.8 Å². The van der Waals surface area contributed by atoms with Crippen LogP contribution in [0.2, 0.25) is 0 Å². The second-order valence-electron chi connectivity index (χ2n) is 4.25. The molecule has 0 radical (unpaired) electrons. The number of aromatic hydroxyl groups is 2. The predicted molar refractivity (Wildman–Crippen MR) is 73.0 cm³/mol. The molecule has 0 bridgehead atoms. The lowest BCUT2D eigenvalue weighted by Gasteiger charge is -1.98. The molecule has 0 spiro atoms. The molecule has 0 amide bonds. The molecule has 2 N–H and O–H groups in total. The summed E-state index contributed by atoms with van der Waals surface area (Å²) in [7, 11) is 0. The van der Waals surface area contributed by atoms with E-state index in [1.807, 2.05) is 13.8 Å². The molecular weight excluding hydrogens is 278 g/mol. The predicted octanol–water partition coefficient (Wildman–Crippen LogP) is 1.51. The number of nitrogens with zero attached hydrogens (tertiary/aromatic N) is 5. The fraction of sp³-hybridized carbons (Fsp3) is 0.333. The van der Waals surface area contributed by atoms with E-state index in [2.05, 4.69) is 19.9 Å². The monoisotopic (exact) mass is 293 g/mol. The molecule has 0 saturated heterocycles. The summed E-state index contributed by atoms with van der Waals surface area (Å²) < 4.78 is 0.